The lowest BCUT2D eigenvalue weighted by molar-refractivity contribution is 0.122. The molecule has 1 fully saturated rings. The number of hydrogen-bond donors (Lipinski definition) is 1. The van der Waals surface area contributed by atoms with E-state index >= 15 is 0 Å². The molecule has 1 aliphatic rings. The van der Waals surface area contributed by atoms with E-state index in [1.807, 2.05) is 48.8 Å². The highest BCUT2D eigenvalue weighted by Gasteiger charge is 2.20. The van der Waals surface area contributed by atoms with Crippen molar-refractivity contribution in [2.45, 2.75) is 13.2 Å². The van der Waals surface area contributed by atoms with Crippen LogP contribution >= 0.6 is 0 Å². The fourth-order valence-corrected chi connectivity index (χ4v) is 3.75. The smallest absolute Gasteiger partial charge is 0.228 e. The van der Waals surface area contributed by atoms with Gasteiger partial charge in [0.15, 0.2) is 5.65 Å². The fraction of sp³-hybridized carbons (Fsp3) is 0.261. The predicted molar refractivity (Wildman–Crippen MR) is 115 cm³/mol. The summed E-state index contributed by atoms with van der Waals surface area (Å²) in [7, 11) is 0. The van der Waals surface area contributed by atoms with Crippen molar-refractivity contribution < 1.29 is 9.84 Å². The minimum absolute atomic E-state index is 0.0131. The summed E-state index contributed by atoms with van der Waals surface area (Å²) < 4.78 is 7.56. The average Bonchev–Trinajstić information content (AvgIpc) is 3.22. The third kappa shape index (κ3) is 3.65. The summed E-state index contributed by atoms with van der Waals surface area (Å²) in [4.78, 5) is 16.6. The number of anilines is 1. The number of benzene rings is 2. The molecule has 0 atom stereocenters. The summed E-state index contributed by atoms with van der Waals surface area (Å²) >= 11 is 0. The van der Waals surface area contributed by atoms with Crippen molar-refractivity contribution >= 4 is 17.1 Å². The van der Waals surface area contributed by atoms with Crippen molar-refractivity contribution in [2.24, 2.45) is 0 Å². The molecule has 0 unspecified atom stereocenters. The van der Waals surface area contributed by atoms with Gasteiger partial charge in [0.1, 0.15) is 11.2 Å². The van der Waals surface area contributed by atoms with Gasteiger partial charge in [-0.25, -0.2) is 9.97 Å². The lowest BCUT2D eigenvalue weighted by Gasteiger charge is -2.27. The lowest BCUT2D eigenvalue weighted by atomic mass is 10.1. The van der Waals surface area contributed by atoms with Gasteiger partial charge in [0.2, 0.25) is 5.95 Å². The monoisotopic (exact) mass is 401 g/mol. The van der Waals surface area contributed by atoms with Gasteiger partial charge < -0.3 is 19.3 Å². The van der Waals surface area contributed by atoms with Crippen LogP contribution in [0.4, 0.5) is 5.95 Å². The molecule has 2 aromatic carbocycles. The predicted octanol–water partition coefficient (Wildman–Crippen LogP) is 2.87. The highest BCUT2D eigenvalue weighted by atomic mass is 16.5. The number of aromatic nitrogens is 4. The first kappa shape index (κ1) is 18.7. The minimum Gasteiger partial charge on any atom is -0.392 e. The van der Waals surface area contributed by atoms with Gasteiger partial charge in [0.05, 0.1) is 32.7 Å². The maximum Gasteiger partial charge on any atom is 0.228 e. The van der Waals surface area contributed by atoms with Gasteiger partial charge >= 0.3 is 0 Å². The van der Waals surface area contributed by atoms with Crippen LogP contribution in [0.5, 0.6) is 0 Å². The van der Waals surface area contributed by atoms with E-state index < -0.39 is 0 Å². The molecule has 7 nitrogen and oxygen atoms in total. The molecule has 0 amide bonds. The Morgan fingerprint density at radius 1 is 0.933 bits per heavy atom. The molecule has 1 N–H and O–H groups in total. The van der Waals surface area contributed by atoms with E-state index in [1.54, 1.807) is 0 Å². The summed E-state index contributed by atoms with van der Waals surface area (Å²) in [5.74, 6) is 0.685. The number of aliphatic hydroxyl groups is 1. The first-order chi connectivity index (χ1) is 14.8. The molecular weight excluding hydrogens is 378 g/mol. The number of morpholine rings is 1. The molecule has 2 aromatic heterocycles. The molecule has 152 valence electrons. The van der Waals surface area contributed by atoms with Crippen LogP contribution < -0.4 is 4.90 Å². The number of imidazole rings is 1. The van der Waals surface area contributed by atoms with Crippen LogP contribution in [0, 0.1) is 0 Å². The first-order valence-corrected chi connectivity index (χ1v) is 10.1. The second kappa shape index (κ2) is 8.22. The Morgan fingerprint density at radius 3 is 2.53 bits per heavy atom. The van der Waals surface area contributed by atoms with E-state index in [0.29, 0.717) is 25.7 Å². The Morgan fingerprint density at radius 2 is 1.73 bits per heavy atom. The summed E-state index contributed by atoms with van der Waals surface area (Å²) in [5.41, 5.74) is 5.30. The summed E-state index contributed by atoms with van der Waals surface area (Å²) in [6.07, 6.45) is 1.83. The van der Waals surface area contributed by atoms with E-state index in [4.69, 9.17) is 14.7 Å². The zero-order chi connectivity index (χ0) is 20.3. The first-order valence-electron chi connectivity index (χ1n) is 10.1. The number of hydrogen-bond acceptors (Lipinski definition) is 6. The van der Waals surface area contributed by atoms with Crippen LogP contribution in [0.15, 0.2) is 60.9 Å². The van der Waals surface area contributed by atoms with Crippen molar-refractivity contribution in [3.8, 4) is 11.3 Å². The molecule has 5 rings (SSSR count). The molecule has 3 heterocycles. The van der Waals surface area contributed by atoms with Gasteiger partial charge in [-0.05, 0) is 17.2 Å². The van der Waals surface area contributed by atoms with Crippen LogP contribution in [-0.2, 0) is 17.9 Å². The second-order valence-electron chi connectivity index (χ2n) is 7.36. The van der Waals surface area contributed by atoms with E-state index in [0.717, 1.165) is 41.1 Å². The molecule has 0 spiro atoms. The highest BCUT2D eigenvalue weighted by molar-refractivity contribution is 5.88. The quantitative estimate of drug-likeness (QED) is 0.554. The van der Waals surface area contributed by atoms with Crippen LogP contribution in [0.1, 0.15) is 11.1 Å². The molecule has 4 aromatic rings. The number of fused-ring (bicyclic) bond motifs is 1. The number of aliphatic hydroxyl groups excluding tert-OH is 1. The molecule has 7 heteroatoms. The van der Waals surface area contributed by atoms with Gasteiger partial charge in [-0.2, -0.15) is 4.98 Å². The Labute approximate surface area is 174 Å². The zero-order valence-corrected chi connectivity index (χ0v) is 16.6. The maximum atomic E-state index is 9.57. The van der Waals surface area contributed by atoms with Crippen molar-refractivity contribution in [3.63, 3.8) is 0 Å². The van der Waals surface area contributed by atoms with Gasteiger partial charge in [0.25, 0.3) is 0 Å². The lowest BCUT2D eigenvalue weighted by Crippen LogP contribution is -2.37. The number of nitrogens with zero attached hydrogens (tertiary/aromatic N) is 5. The molecule has 0 saturated carbocycles. The third-order valence-electron chi connectivity index (χ3n) is 5.32. The van der Waals surface area contributed by atoms with Crippen molar-refractivity contribution in [1.29, 1.82) is 0 Å². The van der Waals surface area contributed by atoms with Gasteiger partial charge in [-0.15, -0.1) is 0 Å². The summed E-state index contributed by atoms with van der Waals surface area (Å²) in [6.45, 7) is 3.52. The molecule has 0 radical (unpaired) electrons. The Balaban J connectivity index is 1.65. The van der Waals surface area contributed by atoms with E-state index in [1.165, 1.54) is 5.56 Å². The molecule has 1 aliphatic heterocycles. The number of ether oxygens (including phenoxy) is 1. The third-order valence-corrected chi connectivity index (χ3v) is 5.32. The van der Waals surface area contributed by atoms with Crippen LogP contribution in [0.25, 0.3) is 22.4 Å². The Kier molecular flexibility index (Phi) is 5.13. The van der Waals surface area contributed by atoms with Crippen molar-refractivity contribution in [3.05, 3.63) is 72.1 Å². The van der Waals surface area contributed by atoms with Crippen LogP contribution in [0.2, 0.25) is 0 Å². The summed E-state index contributed by atoms with van der Waals surface area (Å²) in [6, 6.07) is 18.1. The van der Waals surface area contributed by atoms with Gasteiger partial charge in [0, 0.05) is 18.7 Å². The molecule has 0 bridgehead atoms. The Bertz CT molecular complexity index is 1150. The second-order valence-corrected chi connectivity index (χ2v) is 7.36. The fourth-order valence-electron chi connectivity index (χ4n) is 3.75. The van der Waals surface area contributed by atoms with Crippen LogP contribution in [-0.4, -0.2) is 50.9 Å². The van der Waals surface area contributed by atoms with Gasteiger partial charge in [-0.1, -0.05) is 48.5 Å². The zero-order valence-electron chi connectivity index (χ0n) is 16.6. The standard InChI is InChI=1S/C23H23N5O2/c29-15-18-7-4-8-19(13-18)20-21-22(26-23(25-20)27-9-11-30-12-10-27)28(16-24-21)14-17-5-2-1-3-6-17/h1-8,13,16,29H,9-12,14-15H2. The Hall–Kier alpha value is -3.29. The minimum atomic E-state index is -0.0131. The average molecular weight is 401 g/mol. The topological polar surface area (TPSA) is 76.3 Å². The molecule has 1 saturated heterocycles. The van der Waals surface area contributed by atoms with E-state index in [2.05, 4.69) is 26.6 Å². The molecule has 30 heavy (non-hydrogen) atoms. The number of rotatable bonds is 5. The van der Waals surface area contributed by atoms with E-state index in [9.17, 15) is 5.11 Å². The molecular formula is C23H23N5O2. The van der Waals surface area contributed by atoms with Crippen molar-refractivity contribution in [2.75, 3.05) is 31.2 Å². The van der Waals surface area contributed by atoms with E-state index in [-0.39, 0.29) is 6.61 Å². The SMILES string of the molecule is OCc1cccc(-c2nc(N3CCOCC3)nc3c2ncn3Cc2ccccc2)c1. The maximum absolute atomic E-state index is 9.57. The summed E-state index contributed by atoms with van der Waals surface area (Å²) in [5, 5.41) is 9.57. The van der Waals surface area contributed by atoms with Crippen LogP contribution in [0.3, 0.4) is 0 Å². The van der Waals surface area contributed by atoms with Crippen molar-refractivity contribution in [1.82, 2.24) is 19.5 Å². The molecule has 0 aliphatic carbocycles. The largest absolute Gasteiger partial charge is 0.392 e. The highest BCUT2D eigenvalue weighted by Crippen LogP contribution is 2.29. The van der Waals surface area contributed by atoms with Gasteiger partial charge in [-0.3, -0.25) is 0 Å². The normalized spacial score (nSPS) is 14.4.